The summed E-state index contributed by atoms with van der Waals surface area (Å²) in [7, 11) is 0. The summed E-state index contributed by atoms with van der Waals surface area (Å²) in [5, 5.41) is 0.580. The predicted octanol–water partition coefficient (Wildman–Crippen LogP) is 3.74. The molecule has 0 heterocycles. The Bertz CT molecular complexity index is 281. The molecule has 0 saturated heterocycles. The van der Waals surface area contributed by atoms with E-state index >= 15 is 0 Å². The van der Waals surface area contributed by atoms with Crippen molar-refractivity contribution in [2.24, 2.45) is 0 Å². The highest BCUT2D eigenvalue weighted by atomic mass is 35.5. The third kappa shape index (κ3) is 1.78. The van der Waals surface area contributed by atoms with Crippen LogP contribution < -0.4 is 0 Å². The Balaban J connectivity index is 3.14. The molecule has 66 valence electrons. The topological polar surface area (TPSA) is 0 Å². The molecule has 1 aromatic carbocycles. The first kappa shape index (κ1) is 9.53. The molecule has 0 aliphatic heterocycles. The Hall–Kier alpha value is -0.560. The second kappa shape index (κ2) is 3.90. The second-order valence-electron chi connectivity index (χ2n) is 2.91. The minimum atomic E-state index is -0.188. The van der Waals surface area contributed by atoms with Crippen LogP contribution in [0, 0.1) is 12.7 Å². The molecule has 0 amide bonds. The number of aryl methyl sites for hydroxylation is 1. The quantitative estimate of drug-likeness (QED) is 0.660. The summed E-state index contributed by atoms with van der Waals surface area (Å²) in [6, 6.07) is 3.18. The van der Waals surface area contributed by atoms with Gasteiger partial charge in [-0.05, 0) is 25.0 Å². The van der Waals surface area contributed by atoms with E-state index in [1.165, 1.54) is 6.07 Å². The number of hydrogen-bond donors (Lipinski definition) is 0. The summed E-state index contributed by atoms with van der Waals surface area (Å²) >= 11 is 5.94. The average Bonchev–Trinajstić information content (AvgIpc) is 2.06. The molecule has 0 bridgehead atoms. The minimum absolute atomic E-state index is 0.188. The number of halogens is 2. The standard InChI is InChI=1S/C10H12ClF/c1-3-4-8-9(12)6-5-7(2)10(8)11/h5-6H,3-4H2,1-2H3. The Kier molecular flexibility index (Phi) is 3.10. The monoisotopic (exact) mass is 186 g/mol. The first-order chi connectivity index (χ1) is 5.66. The van der Waals surface area contributed by atoms with Crippen molar-refractivity contribution in [3.8, 4) is 0 Å². The zero-order valence-electron chi connectivity index (χ0n) is 7.32. The zero-order chi connectivity index (χ0) is 9.14. The van der Waals surface area contributed by atoms with E-state index in [4.69, 9.17) is 11.6 Å². The molecule has 2 heteroatoms. The lowest BCUT2D eigenvalue weighted by Crippen LogP contribution is -1.92. The van der Waals surface area contributed by atoms with E-state index in [-0.39, 0.29) is 5.82 Å². The molecule has 0 unspecified atom stereocenters. The van der Waals surface area contributed by atoms with E-state index in [1.807, 2.05) is 13.8 Å². The van der Waals surface area contributed by atoms with Crippen LogP contribution in [-0.4, -0.2) is 0 Å². The lowest BCUT2D eigenvalue weighted by molar-refractivity contribution is 0.607. The van der Waals surface area contributed by atoms with E-state index in [0.717, 1.165) is 12.0 Å². The summed E-state index contributed by atoms with van der Waals surface area (Å²) < 4.78 is 13.1. The lowest BCUT2D eigenvalue weighted by atomic mass is 10.1. The third-order valence-electron chi connectivity index (χ3n) is 1.88. The van der Waals surface area contributed by atoms with Crippen LogP contribution in [0.3, 0.4) is 0 Å². The molecular weight excluding hydrogens is 175 g/mol. The van der Waals surface area contributed by atoms with Gasteiger partial charge in [-0.25, -0.2) is 4.39 Å². The smallest absolute Gasteiger partial charge is 0.127 e. The van der Waals surface area contributed by atoms with Gasteiger partial charge < -0.3 is 0 Å². The second-order valence-corrected chi connectivity index (χ2v) is 3.28. The van der Waals surface area contributed by atoms with Crippen molar-refractivity contribution < 1.29 is 4.39 Å². The Morgan fingerprint density at radius 1 is 1.42 bits per heavy atom. The van der Waals surface area contributed by atoms with Crippen molar-refractivity contribution >= 4 is 11.6 Å². The summed E-state index contributed by atoms with van der Waals surface area (Å²) in [5.41, 5.74) is 1.60. The highest BCUT2D eigenvalue weighted by molar-refractivity contribution is 6.32. The summed E-state index contributed by atoms with van der Waals surface area (Å²) in [5.74, 6) is -0.188. The van der Waals surface area contributed by atoms with Gasteiger partial charge in [-0.1, -0.05) is 31.0 Å². The Morgan fingerprint density at radius 3 is 2.67 bits per heavy atom. The van der Waals surface area contributed by atoms with Gasteiger partial charge in [0, 0.05) is 10.6 Å². The van der Waals surface area contributed by atoms with Crippen LogP contribution in [0.5, 0.6) is 0 Å². The van der Waals surface area contributed by atoms with Gasteiger partial charge in [-0.3, -0.25) is 0 Å². The summed E-state index contributed by atoms with van der Waals surface area (Å²) in [6.07, 6.45) is 1.63. The number of rotatable bonds is 2. The first-order valence-corrected chi connectivity index (χ1v) is 4.48. The van der Waals surface area contributed by atoms with Crippen molar-refractivity contribution in [2.75, 3.05) is 0 Å². The van der Waals surface area contributed by atoms with Crippen LogP contribution in [0.4, 0.5) is 4.39 Å². The fourth-order valence-corrected chi connectivity index (χ4v) is 1.44. The Morgan fingerprint density at radius 2 is 2.08 bits per heavy atom. The molecule has 12 heavy (non-hydrogen) atoms. The minimum Gasteiger partial charge on any atom is -0.207 e. The van der Waals surface area contributed by atoms with Crippen LogP contribution in [0.25, 0.3) is 0 Å². The van der Waals surface area contributed by atoms with Gasteiger partial charge in [0.15, 0.2) is 0 Å². The van der Waals surface area contributed by atoms with E-state index in [0.29, 0.717) is 17.0 Å². The van der Waals surface area contributed by atoms with Crippen LogP contribution in [0.2, 0.25) is 5.02 Å². The molecule has 1 rings (SSSR count). The molecule has 0 aromatic heterocycles. The molecule has 0 aliphatic rings. The van der Waals surface area contributed by atoms with E-state index in [9.17, 15) is 4.39 Å². The fraction of sp³-hybridized carbons (Fsp3) is 0.400. The molecule has 0 radical (unpaired) electrons. The van der Waals surface area contributed by atoms with Crippen molar-refractivity contribution in [1.29, 1.82) is 0 Å². The molecule has 0 saturated carbocycles. The molecule has 0 spiro atoms. The maximum atomic E-state index is 13.1. The van der Waals surface area contributed by atoms with Crippen LogP contribution >= 0.6 is 11.6 Å². The maximum Gasteiger partial charge on any atom is 0.127 e. The van der Waals surface area contributed by atoms with Gasteiger partial charge in [0.2, 0.25) is 0 Å². The normalized spacial score (nSPS) is 10.3. The Labute approximate surface area is 77.4 Å². The average molecular weight is 187 g/mol. The summed E-state index contributed by atoms with van der Waals surface area (Å²) in [4.78, 5) is 0. The highest BCUT2D eigenvalue weighted by Crippen LogP contribution is 2.24. The molecule has 0 aliphatic carbocycles. The van der Waals surface area contributed by atoms with Gasteiger partial charge in [0.05, 0.1) is 0 Å². The van der Waals surface area contributed by atoms with Crippen LogP contribution in [0.15, 0.2) is 12.1 Å². The number of hydrogen-bond acceptors (Lipinski definition) is 0. The number of benzene rings is 1. The molecule has 0 nitrogen and oxygen atoms in total. The molecule has 1 aromatic rings. The fourth-order valence-electron chi connectivity index (χ4n) is 1.19. The maximum absolute atomic E-state index is 13.1. The molecular formula is C10H12ClF. The SMILES string of the molecule is CCCc1c(F)ccc(C)c1Cl. The van der Waals surface area contributed by atoms with Crippen molar-refractivity contribution in [2.45, 2.75) is 26.7 Å². The first-order valence-electron chi connectivity index (χ1n) is 4.10. The van der Waals surface area contributed by atoms with Gasteiger partial charge >= 0.3 is 0 Å². The van der Waals surface area contributed by atoms with E-state index < -0.39 is 0 Å². The molecule has 0 atom stereocenters. The van der Waals surface area contributed by atoms with Gasteiger partial charge in [0.1, 0.15) is 5.82 Å². The molecule has 0 fully saturated rings. The van der Waals surface area contributed by atoms with Gasteiger partial charge in [-0.2, -0.15) is 0 Å². The van der Waals surface area contributed by atoms with Crippen molar-refractivity contribution in [3.63, 3.8) is 0 Å². The van der Waals surface area contributed by atoms with E-state index in [2.05, 4.69) is 0 Å². The van der Waals surface area contributed by atoms with Gasteiger partial charge in [0.25, 0.3) is 0 Å². The third-order valence-corrected chi connectivity index (χ3v) is 2.41. The predicted molar refractivity (Wildman–Crippen MR) is 50.1 cm³/mol. The van der Waals surface area contributed by atoms with Crippen molar-refractivity contribution in [3.05, 3.63) is 34.1 Å². The van der Waals surface area contributed by atoms with Crippen LogP contribution in [0.1, 0.15) is 24.5 Å². The molecule has 0 N–H and O–H groups in total. The van der Waals surface area contributed by atoms with E-state index in [1.54, 1.807) is 6.07 Å². The lowest BCUT2D eigenvalue weighted by Gasteiger charge is -2.06. The zero-order valence-corrected chi connectivity index (χ0v) is 8.08. The van der Waals surface area contributed by atoms with Gasteiger partial charge in [-0.15, -0.1) is 0 Å². The van der Waals surface area contributed by atoms with Crippen molar-refractivity contribution in [1.82, 2.24) is 0 Å². The highest BCUT2D eigenvalue weighted by Gasteiger charge is 2.07. The van der Waals surface area contributed by atoms with Crippen LogP contribution in [-0.2, 0) is 6.42 Å². The largest absolute Gasteiger partial charge is 0.207 e. The summed E-state index contributed by atoms with van der Waals surface area (Å²) in [6.45, 7) is 3.90.